The summed E-state index contributed by atoms with van der Waals surface area (Å²) in [7, 11) is 1.21. The summed E-state index contributed by atoms with van der Waals surface area (Å²) in [6, 6.07) is 20.1. The molecule has 0 radical (unpaired) electrons. The predicted molar refractivity (Wildman–Crippen MR) is 140 cm³/mol. The highest BCUT2D eigenvalue weighted by molar-refractivity contribution is 6.34. The summed E-state index contributed by atoms with van der Waals surface area (Å²) < 4.78 is 4.82. The Morgan fingerprint density at radius 2 is 1.81 bits per heavy atom. The molecule has 0 aliphatic rings. The third kappa shape index (κ3) is 6.31. The minimum absolute atomic E-state index is 0.0269. The number of phenolic OH excluding ortho intramolecular Hbond substituents is 1. The van der Waals surface area contributed by atoms with Gasteiger partial charge >= 0.3 is 5.97 Å². The Balaban J connectivity index is 1.50. The number of hydrogen-bond acceptors (Lipinski definition) is 6. The summed E-state index contributed by atoms with van der Waals surface area (Å²) >= 11 is 6.31. The number of amides is 2. The average molecular weight is 516 g/mol. The standard InChI is InChI=1S/C28H22ClN3O5/c1-37-28(36)25(13-18-11-19-6-2-3-8-24(19)30-16-18)32-27(35)22-10-9-20(14-23(22)29)26(34)31-15-17-5-4-7-21(33)12-17/h2-14,16,33H,15H2,1H3,(H,31,34)(H,32,35). The smallest absolute Gasteiger partial charge is 0.354 e. The van der Waals surface area contributed by atoms with Crippen LogP contribution in [0.5, 0.6) is 5.75 Å². The van der Waals surface area contributed by atoms with Gasteiger partial charge in [0.15, 0.2) is 0 Å². The molecule has 37 heavy (non-hydrogen) atoms. The van der Waals surface area contributed by atoms with Gasteiger partial charge in [0.1, 0.15) is 11.4 Å². The van der Waals surface area contributed by atoms with E-state index in [9.17, 15) is 19.5 Å². The van der Waals surface area contributed by atoms with Gasteiger partial charge in [-0.15, -0.1) is 0 Å². The number of benzene rings is 3. The third-order valence-corrected chi connectivity index (χ3v) is 5.73. The lowest BCUT2D eigenvalue weighted by Crippen LogP contribution is -2.28. The van der Waals surface area contributed by atoms with Crippen molar-refractivity contribution in [2.45, 2.75) is 6.54 Å². The van der Waals surface area contributed by atoms with Crippen LogP contribution in [0.1, 0.15) is 31.8 Å². The fourth-order valence-corrected chi connectivity index (χ4v) is 3.84. The molecule has 9 heteroatoms. The Bertz CT molecular complexity index is 1530. The maximum atomic E-state index is 12.9. The molecule has 1 heterocycles. The maximum Gasteiger partial charge on any atom is 0.354 e. The van der Waals surface area contributed by atoms with Gasteiger partial charge in [-0.25, -0.2) is 4.79 Å². The van der Waals surface area contributed by atoms with Crippen molar-refractivity contribution in [2.24, 2.45) is 0 Å². The van der Waals surface area contributed by atoms with E-state index in [0.717, 1.165) is 16.5 Å². The topological polar surface area (TPSA) is 118 Å². The van der Waals surface area contributed by atoms with Crippen molar-refractivity contribution < 1.29 is 24.2 Å². The number of pyridine rings is 1. The molecule has 8 nitrogen and oxygen atoms in total. The van der Waals surface area contributed by atoms with Crippen LogP contribution in [0, 0.1) is 0 Å². The van der Waals surface area contributed by atoms with Gasteiger partial charge in [-0.1, -0.05) is 41.9 Å². The van der Waals surface area contributed by atoms with Gasteiger partial charge in [-0.3, -0.25) is 14.6 Å². The van der Waals surface area contributed by atoms with Crippen molar-refractivity contribution in [2.75, 3.05) is 7.11 Å². The normalized spacial score (nSPS) is 11.1. The largest absolute Gasteiger partial charge is 0.508 e. The van der Waals surface area contributed by atoms with Gasteiger partial charge in [0, 0.05) is 23.7 Å². The number of phenols is 1. The number of carbonyl (C=O) groups is 3. The number of fused-ring (bicyclic) bond motifs is 1. The molecule has 0 atom stereocenters. The summed E-state index contributed by atoms with van der Waals surface area (Å²) in [6.45, 7) is 0.198. The quantitative estimate of drug-likeness (QED) is 0.247. The molecule has 0 unspecified atom stereocenters. The minimum Gasteiger partial charge on any atom is -0.508 e. The van der Waals surface area contributed by atoms with Gasteiger partial charge in [-0.2, -0.15) is 0 Å². The molecule has 0 saturated heterocycles. The number of carbonyl (C=O) groups excluding carboxylic acids is 3. The van der Waals surface area contributed by atoms with Gasteiger partial charge in [-0.05, 0) is 59.7 Å². The van der Waals surface area contributed by atoms with E-state index in [4.69, 9.17) is 16.3 Å². The van der Waals surface area contributed by atoms with Crippen molar-refractivity contribution in [3.63, 3.8) is 0 Å². The van der Waals surface area contributed by atoms with Crippen molar-refractivity contribution in [3.8, 4) is 5.75 Å². The number of esters is 1. The number of methoxy groups -OCH3 is 1. The van der Waals surface area contributed by atoms with Crippen molar-refractivity contribution in [3.05, 3.63) is 112 Å². The number of nitrogens with one attached hydrogen (secondary N) is 2. The summed E-state index contributed by atoms with van der Waals surface area (Å²) in [4.78, 5) is 42.2. The van der Waals surface area contributed by atoms with E-state index < -0.39 is 17.8 Å². The first-order valence-electron chi connectivity index (χ1n) is 11.2. The number of para-hydroxylation sites is 1. The van der Waals surface area contributed by atoms with Crippen LogP contribution >= 0.6 is 11.6 Å². The second-order valence-electron chi connectivity index (χ2n) is 8.01. The highest BCUT2D eigenvalue weighted by atomic mass is 35.5. The lowest BCUT2D eigenvalue weighted by molar-refractivity contribution is -0.136. The number of halogens is 1. The molecule has 3 N–H and O–H groups in total. The third-order valence-electron chi connectivity index (χ3n) is 5.42. The molecule has 3 aromatic carbocycles. The zero-order valence-electron chi connectivity index (χ0n) is 19.7. The van der Waals surface area contributed by atoms with E-state index in [0.29, 0.717) is 5.56 Å². The van der Waals surface area contributed by atoms with Gasteiger partial charge < -0.3 is 20.5 Å². The van der Waals surface area contributed by atoms with E-state index in [1.807, 2.05) is 30.3 Å². The molecular formula is C28H22ClN3O5. The minimum atomic E-state index is -0.749. The van der Waals surface area contributed by atoms with Crippen molar-refractivity contribution >= 4 is 46.4 Å². The molecule has 4 rings (SSSR count). The molecule has 0 aliphatic heterocycles. The van der Waals surface area contributed by atoms with E-state index in [1.165, 1.54) is 37.5 Å². The average Bonchev–Trinajstić information content (AvgIpc) is 2.90. The monoisotopic (exact) mass is 515 g/mol. The van der Waals surface area contributed by atoms with E-state index in [-0.39, 0.29) is 34.1 Å². The van der Waals surface area contributed by atoms with E-state index in [1.54, 1.807) is 24.4 Å². The number of rotatable bonds is 7. The molecule has 0 bridgehead atoms. The Morgan fingerprint density at radius 3 is 2.57 bits per heavy atom. The molecule has 0 fully saturated rings. The van der Waals surface area contributed by atoms with Crippen LogP contribution in [0.3, 0.4) is 0 Å². The number of nitrogens with zero attached hydrogens (tertiary/aromatic N) is 1. The van der Waals surface area contributed by atoms with Crippen LogP contribution in [0.25, 0.3) is 17.0 Å². The summed E-state index contributed by atoms with van der Waals surface area (Å²) in [5, 5.41) is 15.7. The second-order valence-corrected chi connectivity index (χ2v) is 8.42. The van der Waals surface area contributed by atoms with Crippen LogP contribution in [0.4, 0.5) is 0 Å². The first kappa shape index (κ1) is 25.4. The van der Waals surface area contributed by atoms with Gasteiger partial charge in [0.25, 0.3) is 11.8 Å². The fraction of sp³-hybridized carbons (Fsp3) is 0.0714. The molecule has 0 aliphatic carbocycles. The van der Waals surface area contributed by atoms with E-state index in [2.05, 4.69) is 15.6 Å². The number of aromatic nitrogens is 1. The predicted octanol–water partition coefficient (Wildman–Crippen LogP) is 4.47. The Morgan fingerprint density at radius 1 is 1.00 bits per heavy atom. The number of aromatic hydroxyl groups is 1. The van der Waals surface area contributed by atoms with Crippen LogP contribution in [0.2, 0.25) is 5.02 Å². The van der Waals surface area contributed by atoms with Gasteiger partial charge in [0.05, 0.1) is 23.2 Å². The van der Waals surface area contributed by atoms with Crippen molar-refractivity contribution in [1.82, 2.24) is 15.6 Å². The summed E-state index contributed by atoms with van der Waals surface area (Å²) in [5.74, 6) is -1.71. The first-order valence-corrected chi connectivity index (χ1v) is 11.5. The first-order chi connectivity index (χ1) is 17.8. The lowest BCUT2D eigenvalue weighted by atomic mass is 10.1. The summed E-state index contributed by atoms with van der Waals surface area (Å²) in [5.41, 5.74) is 2.31. The molecule has 4 aromatic rings. The highest BCUT2D eigenvalue weighted by Gasteiger charge is 2.18. The molecule has 0 saturated carbocycles. The fourth-order valence-electron chi connectivity index (χ4n) is 3.57. The molecular weight excluding hydrogens is 494 g/mol. The second kappa shape index (κ2) is 11.4. The van der Waals surface area contributed by atoms with Crippen LogP contribution in [-0.2, 0) is 16.1 Å². The maximum absolute atomic E-state index is 12.9. The molecule has 0 spiro atoms. The Kier molecular flexibility index (Phi) is 7.80. The number of hydrogen-bond donors (Lipinski definition) is 3. The van der Waals surface area contributed by atoms with Crippen LogP contribution in [0.15, 0.2) is 84.7 Å². The Labute approximate surface area is 217 Å². The van der Waals surface area contributed by atoms with Gasteiger partial charge in [0.2, 0.25) is 0 Å². The zero-order chi connectivity index (χ0) is 26.4. The highest BCUT2D eigenvalue weighted by Crippen LogP contribution is 2.20. The summed E-state index contributed by atoms with van der Waals surface area (Å²) in [6.07, 6.45) is 3.04. The lowest BCUT2D eigenvalue weighted by Gasteiger charge is -2.11. The van der Waals surface area contributed by atoms with Crippen molar-refractivity contribution in [1.29, 1.82) is 0 Å². The van der Waals surface area contributed by atoms with E-state index >= 15 is 0 Å². The van der Waals surface area contributed by atoms with Crippen LogP contribution in [-0.4, -0.2) is 35.0 Å². The SMILES string of the molecule is COC(=O)C(=Cc1cnc2ccccc2c1)NC(=O)c1ccc(C(=O)NCc2cccc(O)c2)cc1Cl. The van der Waals surface area contributed by atoms with Crippen LogP contribution < -0.4 is 10.6 Å². The molecule has 2 amide bonds. The molecule has 1 aromatic heterocycles. The number of ether oxygens (including phenoxy) is 1. The molecule has 186 valence electrons. The Hall–Kier alpha value is -4.69. The zero-order valence-corrected chi connectivity index (χ0v) is 20.5.